The molecule has 0 aromatic heterocycles. The molecule has 0 saturated heterocycles. The van der Waals surface area contributed by atoms with Crippen molar-refractivity contribution in [2.75, 3.05) is 33.7 Å². The van der Waals surface area contributed by atoms with Crippen molar-refractivity contribution < 1.29 is 14.5 Å². The molecule has 1 aliphatic carbocycles. The van der Waals surface area contributed by atoms with E-state index in [2.05, 4.69) is 10.6 Å². The summed E-state index contributed by atoms with van der Waals surface area (Å²) in [5.74, 6) is -0.932. The van der Waals surface area contributed by atoms with Crippen molar-refractivity contribution in [2.24, 2.45) is 5.92 Å². The Morgan fingerprint density at radius 1 is 1.38 bits per heavy atom. The predicted molar refractivity (Wildman–Crippen MR) is 76.9 cm³/mol. The molecule has 2 amide bonds. The molecule has 0 aromatic rings. The number of likely N-dealkylation sites (N-methyl/N-ethyl adjacent to an activating group) is 1. The number of hydrogen-bond donors (Lipinski definition) is 2. The highest BCUT2D eigenvalue weighted by Crippen LogP contribution is 2.18. The van der Waals surface area contributed by atoms with E-state index in [1.807, 2.05) is 0 Å². The molecule has 0 aromatic carbocycles. The van der Waals surface area contributed by atoms with Gasteiger partial charge in [0.2, 0.25) is 17.5 Å². The average Bonchev–Trinajstić information content (AvgIpc) is 2.42. The Bertz CT molecular complexity index is 471. The van der Waals surface area contributed by atoms with E-state index in [0.29, 0.717) is 13.1 Å². The van der Waals surface area contributed by atoms with Crippen LogP contribution in [0.25, 0.3) is 0 Å². The number of nitrogens with one attached hydrogen (secondary N) is 2. The molecule has 1 rings (SSSR count). The maximum atomic E-state index is 11.9. The largest absolute Gasteiger partial charge is 0.354 e. The van der Waals surface area contributed by atoms with Crippen LogP contribution >= 0.6 is 0 Å². The van der Waals surface area contributed by atoms with Gasteiger partial charge < -0.3 is 15.5 Å². The van der Waals surface area contributed by atoms with Crippen LogP contribution < -0.4 is 10.6 Å². The number of rotatable bonds is 7. The van der Waals surface area contributed by atoms with Gasteiger partial charge in [-0.3, -0.25) is 19.7 Å². The molecule has 0 radical (unpaired) electrons. The van der Waals surface area contributed by atoms with Crippen LogP contribution in [-0.2, 0) is 9.59 Å². The number of nitrogens with zero attached hydrogens (tertiary/aromatic N) is 2. The van der Waals surface area contributed by atoms with E-state index in [-0.39, 0.29) is 30.5 Å². The zero-order valence-electron chi connectivity index (χ0n) is 12.2. The van der Waals surface area contributed by atoms with Crippen LogP contribution in [0.15, 0.2) is 23.9 Å². The van der Waals surface area contributed by atoms with Gasteiger partial charge >= 0.3 is 0 Å². The Morgan fingerprint density at radius 3 is 2.67 bits per heavy atom. The number of hydrogen-bond acceptors (Lipinski definition) is 5. The Kier molecular flexibility index (Phi) is 6.54. The minimum atomic E-state index is -0.534. The number of allylic oxidation sites excluding steroid dienone is 3. The van der Waals surface area contributed by atoms with Gasteiger partial charge in [-0.2, -0.15) is 0 Å². The standard InChI is InChI=1S/C13H20N4O4/c1-16(2)9-12(18)14-6-7-15-13(19)10-4-3-5-11(8-10)17(20)21/h3-5,10H,6-9H2,1-2H3,(H,14,18)(H,15,19). The first-order valence-corrected chi connectivity index (χ1v) is 6.61. The molecule has 0 spiro atoms. The van der Waals surface area contributed by atoms with Gasteiger partial charge in [0.1, 0.15) is 0 Å². The smallest absolute Gasteiger partial charge is 0.247 e. The minimum absolute atomic E-state index is 0.0249. The normalized spacial score (nSPS) is 17.3. The van der Waals surface area contributed by atoms with Gasteiger partial charge in [-0.05, 0) is 14.1 Å². The van der Waals surface area contributed by atoms with Gasteiger partial charge in [-0.1, -0.05) is 12.2 Å². The molecular formula is C13H20N4O4. The maximum Gasteiger partial charge on any atom is 0.247 e. The highest BCUT2D eigenvalue weighted by Gasteiger charge is 2.24. The summed E-state index contributed by atoms with van der Waals surface area (Å²) < 4.78 is 0. The lowest BCUT2D eigenvalue weighted by atomic mass is 9.97. The van der Waals surface area contributed by atoms with E-state index < -0.39 is 10.8 Å². The topological polar surface area (TPSA) is 105 Å². The van der Waals surface area contributed by atoms with Gasteiger partial charge in [-0.15, -0.1) is 0 Å². The molecule has 0 fully saturated rings. The van der Waals surface area contributed by atoms with Gasteiger partial charge in [-0.25, -0.2) is 0 Å². The first-order valence-electron chi connectivity index (χ1n) is 6.61. The molecule has 1 unspecified atom stereocenters. The third-order valence-corrected chi connectivity index (χ3v) is 2.84. The minimum Gasteiger partial charge on any atom is -0.354 e. The second-order valence-electron chi connectivity index (χ2n) is 4.99. The summed E-state index contributed by atoms with van der Waals surface area (Å²) in [6.45, 7) is 0.906. The second kappa shape index (κ2) is 8.15. The first kappa shape index (κ1) is 16.8. The summed E-state index contributed by atoms with van der Waals surface area (Å²) in [7, 11) is 3.58. The van der Waals surface area contributed by atoms with E-state index in [0.717, 1.165) is 0 Å². The monoisotopic (exact) mass is 296 g/mol. The number of nitro groups is 1. The number of carbonyl (C=O) groups excluding carboxylic acids is 2. The van der Waals surface area contributed by atoms with Crippen molar-refractivity contribution in [2.45, 2.75) is 6.42 Å². The highest BCUT2D eigenvalue weighted by atomic mass is 16.6. The van der Waals surface area contributed by atoms with Crippen LogP contribution in [0.4, 0.5) is 0 Å². The highest BCUT2D eigenvalue weighted by molar-refractivity contribution is 5.81. The quantitative estimate of drug-likeness (QED) is 0.375. The molecule has 1 aliphatic rings. The molecule has 0 bridgehead atoms. The van der Waals surface area contributed by atoms with Crippen molar-refractivity contribution >= 4 is 11.8 Å². The van der Waals surface area contributed by atoms with Crippen LogP contribution in [0, 0.1) is 16.0 Å². The van der Waals surface area contributed by atoms with Gasteiger partial charge in [0.05, 0.1) is 23.8 Å². The third-order valence-electron chi connectivity index (χ3n) is 2.84. The Balaban J connectivity index is 2.26. The summed E-state index contributed by atoms with van der Waals surface area (Å²) in [6.07, 6.45) is 4.63. The molecule has 0 aliphatic heterocycles. The van der Waals surface area contributed by atoms with E-state index in [9.17, 15) is 19.7 Å². The Labute approximate surface area is 123 Å². The molecule has 116 valence electrons. The number of carbonyl (C=O) groups is 2. The van der Waals surface area contributed by atoms with Crippen molar-refractivity contribution in [3.8, 4) is 0 Å². The van der Waals surface area contributed by atoms with Crippen molar-refractivity contribution in [3.63, 3.8) is 0 Å². The molecule has 0 heterocycles. The predicted octanol–water partition coefficient (Wildman–Crippen LogP) is -0.483. The molecule has 2 N–H and O–H groups in total. The van der Waals surface area contributed by atoms with Crippen LogP contribution in [0.1, 0.15) is 6.42 Å². The fraction of sp³-hybridized carbons (Fsp3) is 0.538. The Morgan fingerprint density at radius 2 is 2.05 bits per heavy atom. The zero-order valence-corrected chi connectivity index (χ0v) is 12.2. The van der Waals surface area contributed by atoms with Gasteiger partial charge in [0, 0.05) is 19.2 Å². The molecule has 8 heteroatoms. The van der Waals surface area contributed by atoms with E-state index >= 15 is 0 Å². The van der Waals surface area contributed by atoms with Crippen LogP contribution in [0.3, 0.4) is 0 Å². The van der Waals surface area contributed by atoms with Gasteiger partial charge in [0.25, 0.3) is 0 Å². The third kappa shape index (κ3) is 6.17. The number of amides is 2. The summed E-state index contributed by atoms with van der Waals surface area (Å²) >= 11 is 0. The first-order chi connectivity index (χ1) is 9.90. The van der Waals surface area contributed by atoms with Crippen molar-refractivity contribution in [3.05, 3.63) is 34.0 Å². The lowest BCUT2D eigenvalue weighted by Crippen LogP contribution is -2.40. The lowest BCUT2D eigenvalue weighted by molar-refractivity contribution is -0.428. The summed E-state index contributed by atoms with van der Waals surface area (Å²) in [5.41, 5.74) is 0.0249. The van der Waals surface area contributed by atoms with Crippen molar-refractivity contribution in [1.82, 2.24) is 15.5 Å². The van der Waals surface area contributed by atoms with Crippen LogP contribution in [0.5, 0.6) is 0 Å². The summed E-state index contributed by atoms with van der Waals surface area (Å²) in [4.78, 5) is 35.1. The summed E-state index contributed by atoms with van der Waals surface area (Å²) in [5, 5.41) is 16.0. The van der Waals surface area contributed by atoms with E-state index in [1.165, 1.54) is 12.2 Å². The second-order valence-corrected chi connectivity index (χ2v) is 4.99. The average molecular weight is 296 g/mol. The van der Waals surface area contributed by atoms with E-state index in [4.69, 9.17) is 0 Å². The Hall–Kier alpha value is -2.22. The van der Waals surface area contributed by atoms with Crippen LogP contribution in [-0.4, -0.2) is 55.4 Å². The van der Waals surface area contributed by atoms with Gasteiger partial charge in [0.15, 0.2) is 0 Å². The van der Waals surface area contributed by atoms with Crippen molar-refractivity contribution in [1.29, 1.82) is 0 Å². The van der Waals surface area contributed by atoms with E-state index in [1.54, 1.807) is 25.1 Å². The molecular weight excluding hydrogens is 276 g/mol. The fourth-order valence-electron chi connectivity index (χ4n) is 1.84. The molecule has 1 atom stereocenters. The molecule has 21 heavy (non-hydrogen) atoms. The maximum absolute atomic E-state index is 11.9. The fourth-order valence-corrected chi connectivity index (χ4v) is 1.84. The molecule has 0 saturated carbocycles. The summed E-state index contributed by atoms with van der Waals surface area (Å²) in [6, 6.07) is 0. The molecule has 8 nitrogen and oxygen atoms in total. The zero-order chi connectivity index (χ0) is 15.8. The SMILES string of the molecule is CN(C)CC(=O)NCCNC(=O)C1C=CC=C([N+](=O)[O-])C1. The van der Waals surface area contributed by atoms with Crippen LogP contribution in [0.2, 0.25) is 0 Å². The lowest BCUT2D eigenvalue weighted by Gasteiger charge is -2.14.